The number of imide groups is 1. The Morgan fingerprint density at radius 2 is 1.67 bits per heavy atom. The quantitative estimate of drug-likeness (QED) is 0.451. The van der Waals surface area contributed by atoms with Gasteiger partial charge in [-0.15, -0.1) is 0 Å². The van der Waals surface area contributed by atoms with Crippen LogP contribution in [0.4, 0.5) is 10.5 Å². The molecular formula is C26H25N3O6S. The number of nitrogens with zero attached hydrogens (tertiary/aromatic N) is 2. The fourth-order valence-corrected chi connectivity index (χ4v) is 4.59. The summed E-state index contributed by atoms with van der Waals surface area (Å²) in [6.45, 7) is 2.54. The van der Waals surface area contributed by atoms with Crippen molar-refractivity contribution in [1.82, 2.24) is 9.80 Å². The number of hydrogen-bond acceptors (Lipinski definition) is 7. The monoisotopic (exact) mass is 507 g/mol. The van der Waals surface area contributed by atoms with Gasteiger partial charge in [-0.2, -0.15) is 0 Å². The molecule has 36 heavy (non-hydrogen) atoms. The van der Waals surface area contributed by atoms with Gasteiger partial charge in [-0.3, -0.25) is 24.1 Å². The van der Waals surface area contributed by atoms with Crippen molar-refractivity contribution >= 4 is 52.5 Å². The molecule has 9 nitrogen and oxygen atoms in total. The Hall–Kier alpha value is -3.92. The molecule has 4 rings (SSSR count). The first-order valence-corrected chi connectivity index (χ1v) is 12.3. The number of hydrogen-bond donors (Lipinski definition) is 1. The van der Waals surface area contributed by atoms with Crippen LogP contribution in [0.1, 0.15) is 34.3 Å². The highest BCUT2D eigenvalue weighted by atomic mass is 32.2. The fourth-order valence-electron chi connectivity index (χ4n) is 3.75. The smallest absolute Gasteiger partial charge is 0.338 e. The van der Waals surface area contributed by atoms with E-state index in [1.54, 1.807) is 29.2 Å². The van der Waals surface area contributed by atoms with Crippen molar-refractivity contribution in [3.8, 4) is 0 Å². The molecule has 0 spiro atoms. The van der Waals surface area contributed by atoms with Crippen LogP contribution in [-0.4, -0.2) is 65.0 Å². The summed E-state index contributed by atoms with van der Waals surface area (Å²) in [5, 5.41) is 2.17. The lowest BCUT2D eigenvalue weighted by atomic mass is 10.1. The van der Waals surface area contributed by atoms with Gasteiger partial charge in [0.25, 0.3) is 17.1 Å². The van der Waals surface area contributed by atoms with Crippen LogP contribution in [-0.2, 0) is 19.1 Å². The van der Waals surface area contributed by atoms with Crippen LogP contribution in [0.3, 0.4) is 0 Å². The maximum Gasteiger partial charge on any atom is 0.338 e. The Bertz CT molecular complexity index is 1220. The van der Waals surface area contributed by atoms with Gasteiger partial charge in [0.15, 0.2) is 6.61 Å². The van der Waals surface area contributed by atoms with Gasteiger partial charge >= 0.3 is 5.97 Å². The lowest BCUT2D eigenvalue weighted by molar-refractivity contribution is -0.135. The van der Waals surface area contributed by atoms with E-state index in [2.05, 4.69) is 5.32 Å². The molecular weight excluding hydrogens is 482 g/mol. The number of likely N-dealkylation sites (tertiary alicyclic amines) is 1. The highest BCUT2D eigenvalue weighted by Gasteiger charge is 2.37. The Morgan fingerprint density at radius 1 is 1.00 bits per heavy atom. The topological polar surface area (TPSA) is 113 Å². The molecule has 2 aromatic carbocycles. The average molecular weight is 508 g/mol. The second kappa shape index (κ2) is 11.2. The molecule has 0 aromatic heterocycles. The standard InChI is InChI=1S/C26H25N3O6S/c1-17-4-10-20(11-5-17)27-22(30)16-35-25(33)19-8-6-18(7-9-19)14-21-24(32)29(26(34)36-21)15-23(31)28-12-2-3-13-28/h4-11,14H,2-3,12-13,15-16H2,1H3,(H,27,30)/b21-14-. The van der Waals surface area contributed by atoms with Crippen molar-refractivity contribution in [3.63, 3.8) is 0 Å². The van der Waals surface area contributed by atoms with Crippen LogP contribution in [0.25, 0.3) is 6.08 Å². The number of benzene rings is 2. The van der Waals surface area contributed by atoms with Gasteiger partial charge in [-0.05, 0) is 67.4 Å². The first kappa shape index (κ1) is 25.2. The minimum atomic E-state index is -0.665. The average Bonchev–Trinajstić information content (AvgIpc) is 3.49. The molecule has 0 radical (unpaired) electrons. The molecule has 0 unspecified atom stereocenters. The van der Waals surface area contributed by atoms with Gasteiger partial charge in [0.1, 0.15) is 6.54 Å². The van der Waals surface area contributed by atoms with E-state index in [-0.39, 0.29) is 22.9 Å². The minimum absolute atomic E-state index is 0.206. The van der Waals surface area contributed by atoms with E-state index in [1.165, 1.54) is 18.2 Å². The van der Waals surface area contributed by atoms with Crippen LogP contribution in [0, 0.1) is 6.92 Å². The van der Waals surface area contributed by atoms with Crippen molar-refractivity contribution in [1.29, 1.82) is 0 Å². The first-order valence-electron chi connectivity index (χ1n) is 11.5. The van der Waals surface area contributed by atoms with Crippen LogP contribution in [0.5, 0.6) is 0 Å². The third-order valence-corrected chi connectivity index (χ3v) is 6.65. The van der Waals surface area contributed by atoms with Crippen molar-refractivity contribution in [2.24, 2.45) is 0 Å². The SMILES string of the molecule is Cc1ccc(NC(=O)COC(=O)c2ccc(/C=C3\SC(=O)N(CC(=O)N4CCCC4)C3=O)cc2)cc1. The summed E-state index contributed by atoms with van der Waals surface area (Å²) in [6.07, 6.45) is 3.39. The molecule has 2 saturated heterocycles. The van der Waals surface area contributed by atoms with Crippen molar-refractivity contribution in [2.45, 2.75) is 19.8 Å². The van der Waals surface area contributed by atoms with Crippen molar-refractivity contribution in [3.05, 3.63) is 70.1 Å². The Kier molecular flexibility index (Phi) is 7.84. The lowest BCUT2D eigenvalue weighted by Crippen LogP contribution is -2.40. The molecule has 186 valence electrons. The fraction of sp³-hybridized carbons (Fsp3) is 0.269. The van der Waals surface area contributed by atoms with E-state index in [0.717, 1.165) is 35.1 Å². The summed E-state index contributed by atoms with van der Waals surface area (Å²) in [6, 6.07) is 13.5. The Balaban J connectivity index is 1.30. The number of amides is 4. The van der Waals surface area contributed by atoms with Gasteiger partial charge in [-0.1, -0.05) is 29.8 Å². The minimum Gasteiger partial charge on any atom is -0.452 e. The highest BCUT2D eigenvalue weighted by Crippen LogP contribution is 2.32. The van der Waals surface area contributed by atoms with E-state index in [0.29, 0.717) is 24.3 Å². The van der Waals surface area contributed by atoms with Gasteiger partial charge in [0.05, 0.1) is 10.5 Å². The summed E-state index contributed by atoms with van der Waals surface area (Å²) < 4.78 is 5.07. The molecule has 4 amide bonds. The Morgan fingerprint density at radius 3 is 2.33 bits per heavy atom. The number of esters is 1. The second-order valence-corrected chi connectivity index (χ2v) is 9.46. The molecule has 2 aromatic rings. The summed E-state index contributed by atoms with van der Waals surface area (Å²) in [5.74, 6) is -1.86. The van der Waals surface area contributed by atoms with E-state index in [9.17, 15) is 24.0 Å². The summed E-state index contributed by atoms with van der Waals surface area (Å²) in [4.78, 5) is 64.5. The second-order valence-electron chi connectivity index (χ2n) is 8.47. The number of anilines is 1. The molecule has 1 N–H and O–H groups in total. The van der Waals surface area contributed by atoms with Gasteiger partial charge in [0.2, 0.25) is 5.91 Å². The predicted molar refractivity (Wildman–Crippen MR) is 135 cm³/mol. The number of rotatable bonds is 7. The van der Waals surface area contributed by atoms with Crippen LogP contribution < -0.4 is 5.32 Å². The zero-order valence-electron chi connectivity index (χ0n) is 19.7. The first-order chi connectivity index (χ1) is 17.3. The van der Waals surface area contributed by atoms with E-state index >= 15 is 0 Å². The number of carbonyl (C=O) groups is 5. The summed E-state index contributed by atoms with van der Waals surface area (Å²) in [5.41, 5.74) is 2.50. The van der Waals surface area contributed by atoms with Gasteiger partial charge in [0, 0.05) is 18.8 Å². The largest absolute Gasteiger partial charge is 0.452 e. The number of ether oxygens (including phenoxy) is 1. The molecule has 0 aliphatic carbocycles. The van der Waals surface area contributed by atoms with Gasteiger partial charge in [-0.25, -0.2) is 4.79 Å². The highest BCUT2D eigenvalue weighted by molar-refractivity contribution is 8.18. The number of carbonyl (C=O) groups excluding carboxylic acids is 5. The molecule has 0 saturated carbocycles. The molecule has 2 aliphatic rings. The summed E-state index contributed by atoms with van der Waals surface area (Å²) >= 11 is 0.776. The zero-order valence-corrected chi connectivity index (χ0v) is 20.5. The maximum absolute atomic E-state index is 12.7. The molecule has 2 heterocycles. The normalized spacial score (nSPS) is 16.5. The number of thioether (sulfide) groups is 1. The number of aryl methyl sites for hydroxylation is 1. The summed E-state index contributed by atoms with van der Waals surface area (Å²) in [7, 11) is 0. The molecule has 0 atom stereocenters. The van der Waals surface area contributed by atoms with E-state index in [1.807, 2.05) is 19.1 Å². The lowest BCUT2D eigenvalue weighted by Gasteiger charge is -2.18. The third-order valence-electron chi connectivity index (χ3n) is 5.74. The van der Waals surface area contributed by atoms with E-state index < -0.39 is 29.6 Å². The zero-order chi connectivity index (χ0) is 25.7. The van der Waals surface area contributed by atoms with Crippen molar-refractivity contribution in [2.75, 3.05) is 31.6 Å². The van der Waals surface area contributed by atoms with E-state index in [4.69, 9.17) is 4.74 Å². The molecule has 2 aliphatic heterocycles. The van der Waals surface area contributed by atoms with Gasteiger partial charge < -0.3 is 15.0 Å². The van der Waals surface area contributed by atoms with Crippen LogP contribution in [0.15, 0.2) is 53.4 Å². The molecule has 2 fully saturated rings. The van der Waals surface area contributed by atoms with Crippen molar-refractivity contribution < 1.29 is 28.7 Å². The molecule has 0 bridgehead atoms. The third kappa shape index (κ3) is 6.19. The van der Waals surface area contributed by atoms with Crippen LogP contribution in [0.2, 0.25) is 0 Å². The van der Waals surface area contributed by atoms with Crippen LogP contribution >= 0.6 is 11.8 Å². The maximum atomic E-state index is 12.7. The predicted octanol–water partition coefficient (Wildman–Crippen LogP) is 3.45. The number of nitrogens with one attached hydrogen (secondary N) is 1. The Labute approximate surface area is 212 Å². The molecule has 10 heteroatoms.